The van der Waals surface area contributed by atoms with E-state index in [2.05, 4.69) is 0 Å². The molecule has 0 fully saturated rings. The molecule has 3 aromatic rings. The van der Waals surface area contributed by atoms with E-state index in [9.17, 15) is 15.3 Å². The van der Waals surface area contributed by atoms with Crippen molar-refractivity contribution >= 4 is 10.8 Å². The standard InChI is InChI=1S/C17H14O3/c18-15-12-8-4-5-9-13(12)16(19)17(20)14(15)10-11-6-2-1-3-7-11/h1-9,18-20H,10H2. The SMILES string of the molecule is Oc1c(Cc2ccccc2)c(O)c2ccccc2c1O. The van der Waals surface area contributed by atoms with Gasteiger partial charge in [0.15, 0.2) is 11.5 Å². The molecule has 0 saturated carbocycles. The summed E-state index contributed by atoms with van der Waals surface area (Å²) < 4.78 is 0. The number of hydrogen-bond donors (Lipinski definition) is 3. The van der Waals surface area contributed by atoms with Crippen LogP contribution in [0.2, 0.25) is 0 Å². The molecule has 0 radical (unpaired) electrons. The molecule has 100 valence electrons. The minimum Gasteiger partial charge on any atom is -0.507 e. The van der Waals surface area contributed by atoms with Crippen LogP contribution in [0.1, 0.15) is 11.1 Å². The molecule has 3 nitrogen and oxygen atoms in total. The minimum atomic E-state index is -0.259. The topological polar surface area (TPSA) is 60.7 Å². The number of rotatable bonds is 2. The summed E-state index contributed by atoms with van der Waals surface area (Å²) in [5.41, 5.74) is 1.29. The zero-order chi connectivity index (χ0) is 14.1. The summed E-state index contributed by atoms with van der Waals surface area (Å²) in [6.45, 7) is 0. The molecule has 3 rings (SSSR count). The number of benzene rings is 3. The molecule has 0 amide bonds. The van der Waals surface area contributed by atoms with Gasteiger partial charge in [0.1, 0.15) is 5.75 Å². The summed E-state index contributed by atoms with van der Waals surface area (Å²) in [7, 11) is 0. The van der Waals surface area contributed by atoms with Crippen LogP contribution in [-0.4, -0.2) is 15.3 Å². The van der Waals surface area contributed by atoms with Gasteiger partial charge < -0.3 is 15.3 Å². The fourth-order valence-corrected chi connectivity index (χ4v) is 2.41. The van der Waals surface area contributed by atoms with Crippen LogP contribution in [0.25, 0.3) is 10.8 Å². The molecular weight excluding hydrogens is 252 g/mol. The minimum absolute atomic E-state index is 0.0137. The third-order valence-electron chi connectivity index (χ3n) is 3.46. The van der Waals surface area contributed by atoms with Gasteiger partial charge in [-0.15, -0.1) is 0 Å². The quantitative estimate of drug-likeness (QED) is 0.491. The van der Waals surface area contributed by atoms with Crippen LogP contribution >= 0.6 is 0 Å². The zero-order valence-electron chi connectivity index (χ0n) is 10.7. The molecule has 20 heavy (non-hydrogen) atoms. The van der Waals surface area contributed by atoms with Crippen molar-refractivity contribution in [1.82, 2.24) is 0 Å². The van der Waals surface area contributed by atoms with Gasteiger partial charge in [-0.3, -0.25) is 0 Å². The number of phenols is 3. The summed E-state index contributed by atoms with van der Waals surface area (Å²) in [6, 6.07) is 16.4. The van der Waals surface area contributed by atoms with Crippen molar-refractivity contribution in [2.24, 2.45) is 0 Å². The number of aromatic hydroxyl groups is 3. The maximum Gasteiger partial charge on any atom is 0.166 e. The Morgan fingerprint density at radius 2 is 1.15 bits per heavy atom. The maximum absolute atomic E-state index is 10.3. The molecule has 0 spiro atoms. The van der Waals surface area contributed by atoms with Crippen molar-refractivity contribution in [3.05, 3.63) is 65.7 Å². The predicted octanol–water partition coefficient (Wildman–Crippen LogP) is 3.55. The highest BCUT2D eigenvalue weighted by atomic mass is 16.3. The molecule has 3 N–H and O–H groups in total. The van der Waals surface area contributed by atoms with E-state index in [1.54, 1.807) is 24.3 Å². The van der Waals surface area contributed by atoms with Crippen molar-refractivity contribution in [1.29, 1.82) is 0 Å². The highest BCUT2D eigenvalue weighted by Gasteiger charge is 2.18. The van der Waals surface area contributed by atoms with E-state index in [1.165, 1.54) is 0 Å². The Kier molecular flexibility index (Phi) is 2.95. The Hall–Kier alpha value is -2.68. The number of hydrogen-bond acceptors (Lipinski definition) is 3. The molecule has 3 aromatic carbocycles. The number of fused-ring (bicyclic) bond motifs is 1. The second kappa shape index (κ2) is 4.78. The third kappa shape index (κ3) is 1.93. The van der Waals surface area contributed by atoms with Gasteiger partial charge in [0, 0.05) is 22.8 Å². The lowest BCUT2D eigenvalue weighted by Crippen LogP contribution is -1.91. The van der Waals surface area contributed by atoms with Crippen LogP contribution < -0.4 is 0 Å². The van der Waals surface area contributed by atoms with E-state index < -0.39 is 0 Å². The third-order valence-corrected chi connectivity index (χ3v) is 3.46. The number of phenolic OH excluding ortho intramolecular Hbond substituents is 3. The summed E-state index contributed by atoms with van der Waals surface area (Å²) in [5, 5.41) is 31.5. The Morgan fingerprint density at radius 3 is 1.80 bits per heavy atom. The molecule has 0 saturated heterocycles. The van der Waals surface area contributed by atoms with Crippen LogP contribution in [-0.2, 0) is 6.42 Å². The molecule has 0 aliphatic carbocycles. The molecule has 0 heterocycles. The molecule has 0 unspecified atom stereocenters. The van der Waals surface area contributed by atoms with Gasteiger partial charge >= 0.3 is 0 Å². The summed E-state index contributed by atoms with van der Waals surface area (Å²) in [6.07, 6.45) is 0.358. The van der Waals surface area contributed by atoms with Gasteiger partial charge in [0.05, 0.1) is 0 Å². The first kappa shape index (κ1) is 12.4. The van der Waals surface area contributed by atoms with Crippen LogP contribution in [0.5, 0.6) is 17.2 Å². The fraction of sp³-hybridized carbons (Fsp3) is 0.0588. The van der Waals surface area contributed by atoms with Gasteiger partial charge in [0.2, 0.25) is 0 Å². The van der Waals surface area contributed by atoms with E-state index in [4.69, 9.17) is 0 Å². The van der Waals surface area contributed by atoms with Gasteiger partial charge in [-0.05, 0) is 5.56 Å². The van der Waals surface area contributed by atoms with E-state index in [-0.39, 0.29) is 17.2 Å². The first-order valence-corrected chi connectivity index (χ1v) is 6.37. The molecular formula is C17H14O3. The van der Waals surface area contributed by atoms with Crippen molar-refractivity contribution < 1.29 is 15.3 Å². The lowest BCUT2D eigenvalue weighted by molar-refractivity contribution is 0.396. The average molecular weight is 266 g/mol. The van der Waals surface area contributed by atoms with E-state index in [1.807, 2.05) is 30.3 Å². The summed E-state index contributed by atoms with van der Waals surface area (Å²) in [5.74, 6) is -0.436. The van der Waals surface area contributed by atoms with Crippen LogP contribution in [0.3, 0.4) is 0 Å². The molecule has 0 bridgehead atoms. The Bertz CT molecular complexity index is 764. The molecule has 3 heteroatoms. The van der Waals surface area contributed by atoms with Crippen molar-refractivity contribution in [3.8, 4) is 17.2 Å². The maximum atomic E-state index is 10.3. The monoisotopic (exact) mass is 266 g/mol. The van der Waals surface area contributed by atoms with Crippen molar-refractivity contribution in [2.75, 3.05) is 0 Å². The van der Waals surface area contributed by atoms with Gasteiger partial charge in [-0.25, -0.2) is 0 Å². The first-order valence-electron chi connectivity index (χ1n) is 6.37. The highest BCUT2D eigenvalue weighted by molar-refractivity contribution is 5.96. The van der Waals surface area contributed by atoms with Crippen LogP contribution in [0.15, 0.2) is 54.6 Å². The summed E-state index contributed by atoms with van der Waals surface area (Å²) >= 11 is 0. The molecule has 0 atom stereocenters. The average Bonchev–Trinajstić information content (AvgIpc) is 2.50. The highest BCUT2D eigenvalue weighted by Crippen LogP contribution is 2.44. The smallest absolute Gasteiger partial charge is 0.166 e. The van der Waals surface area contributed by atoms with Crippen molar-refractivity contribution in [3.63, 3.8) is 0 Å². The molecule has 0 aliphatic rings. The fourth-order valence-electron chi connectivity index (χ4n) is 2.41. The van der Waals surface area contributed by atoms with Crippen molar-refractivity contribution in [2.45, 2.75) is 6.42 Å². The van der Waals surface area contributed by atoms with E-state index in [0.29, 0.717) is 22.8 Å². The predicted molar refractivity (Wildman–Crippen MR) is 78.2 cm³/mol. The van der Waals surface area contributed by atoms with Crippen LogP contribution in [0.4, 0.5) is 0 Å². The van der Waals surface area contributed by atoms with E-state index in [0.717, 1.165) is 5.56 Å². The normalized spacial score (nSPS) is 10.8. The molecule has 0 aliphatic heterocycles. The first-order chi connectivity index (χ1) is 9.68. The Labute approximate surface area is 116 Å². The van der Waals surface area contributed by atoms with Gasteiger partial charge in [-0.2, -0.15) is 0 Å². The second-order valence-electron chi connectivity index (χ2n) is 4.73. The largest absolute Gasteiger partial charge is 0.507 e. The lowest BCUT2D eigenvalue weighted by Gasteiger charge is -2.13. The lowest BCUT2D eigenvalue weighted by atomic mass is 9.97. The summed E-state index contributed by atoms with van der Waals surface area (Å²) in [4.78, 5) is 0. The van der Waals surface area contributed by atoms with Crippen LogP contribution in [0, 0.1) is 0 Å². The second-order valence-corrected chi connectivity index (χ2v) is 4.73. The zero-order valence-corrected chi connectivity index (χ0v) is 10.7. The van der Waals surface area contributed by atoms with Gasteiger partial charge in [-0.1, -0.05) is 54.6 Å². The Morgan fingerprint density at radius 1 is 0.600 bits per heavy atom. The van der Waals surface area contributed by atoms with Gasteiger partial charge in [0.25, 0.3) is 0 Å². The van der Waals surface area contributed by atoms with E-state index >= 15 is 0 Å². The molecule has 0 aromatic heterocycles. The Balaban J connectivity index is 2.21.